The molecule has 0 saturated carbocycles. The first-order valence-corrected chi connectivity index (χ1v) is 9.10. The van der Waals surface area contributed by atoms with E-state index >= 15 is 0 Å². The van der Waals surface area contributed by atoms with Gasteiger partial charge in [-0.15, -0.1) is 0 Å². The van der Waals surface area contributed by atoms with Gasteiger partial charge in [-0.3, -0.25) is 9.48 Å². The second-order valence-corrected chi connectivity index (χ2v) is 6.78. The van der Waals surface area contributed by atoms with Crippen LogP contribution in [0.1, 0.15) is 53.0 Å². The van der Waals surface area contributed by atoms with Gasteiger partial charge in [0.2, 0.25) is 5.89 Å². The monoisotopic (exact) mass is 368 g/mol. The van der Waals surface area contributed by atoms with E-state index in [1.807, 2.05) is 0 Å². The number of carbonyl (C=O) groups is 1. The summed E-state index contributed by atoms with van der Waals surface area (Å²) in [5.41, 5.74) is 1.10. The van der Waals surface area contributed by atoms with Crippen molar-refractivity contribution < 1.29 is 13.6 Å². The van der Waals surface area contributed by atoms with E-state index in [0.29, 0.717) is 35.9 Å². The Morgan fingerprint density at radius 1 is 1.30 bits per heavy atom. The van der Waals surface area contributed by atoms with Gasteiger partial charge >= 0.3 is 0 Å². The molecule has 2 aromatic heterocycles. The van der Waals surface area contributed by atoms with Crippen LogP contribution in [-0.2, 0) is 13.5 Å². The normalized spacial score (nSPS) is 17.3. The molecule has 0 bridgehead atoms. The van der Waals surface area contributed by atoms with Crippen molar-refractivity contribution in [2.24, 2.45) is 7.05 Å². The first-order valence-electron chi connectivity index (χ1n) is 9.10. The number of oxazole rings is 1. The van der Waals surface area contributed by atoms with Crippen molar-refractivity contribution in [3.8, 4) is 0 Å². The van der Waals surface area contributed by atoms with Crippen LogP contribution in [0.2, 0.25) is 0 Å². The lowest BCUT2D eigenvalue weighted by molar-refractivity contribution is 0.0558. The van der Waals surface area contributed by atoms with Crippen LogP contribution in [0.3, 0.4) is 0 Å². The van der Waals surface area contributed by atoms with Crippen LogP contribution in [0.25, 0.3) is 0 Å². The lowest BCUT2D eigenvalue weighted by Gasteiger charge is -2.33. The highest BCUT2D eigenvalue weighted by molar-refractivity contribution is 5.92. The van der Waals surface area contributed by atoms with Gasteiger partial charge in [-0.2, -0.15) is 5.10 Å². The molecule has 0 N–H and O–H groups in total. The minimum Gasteiger partial charge on any atom is -0.443 e. The molecule has 0 radical (unpaired) electrons. The minimum atomic E-state index is -0.263. The summed E-state index contributed by atoms with van der Waals surface area (Å²) < 4.78 is 21.4. The van der Waals surface area contributed by atoms with Crippen LogP contribution in [0.5, 0.6) is 0 Å². The Kier molecular flexibility index (Phi) is 4.75. The van der Waals surface area contributed by atoms with E-state index in [-0.39, 0.29) is 17.8 Å². The lowest BCUT2D eigenvalue weighted by atomic mass is 10.0. The van der Waals surface area contributed by atoms with Crippen molar-refractivity contribution in [1.29, 1.82) is 0 Å². The van der Waals surface area contributed by atoms with E-state index in [1.165, 1.54) is 6.07 Å². The minimum absolute atomic E-state index is 0.0754. The summed E-state index contributed by atoms with van der Waals surface area (Å²) in [6.45, 7) is 0.652. The number of nitrogens with zero attached hydrogens (tertiary/aromatic N) is 4. The van der Waals surface area contributed by atoms with Crippen molar-refractivity contribution in [2.45, 2.75) is 31.7 Å². The third-order valence-electron chi connectivity index (χ3n) is 4.98. The molecule has 27 heavy (non-hydrogen) atoms. The molecule has 1 aromatic carbocycles. The van der Waals surface area contributed by atoms with Gasteiger partial charge in [0.1, 0.15) is 23.3 Å². The molecule has 140 valence electrons. The molecule has 1 saturated heterocycles. The summed E-state index contributed by atoms with van der Waals surface area (Å²) in [7, 11) is 1.75. The van der Waals surface area contributed by atoms with E-state index in [9.17, 15) is 9.18 Å². The highest BCUT2D eigenvalue weighted by atomic mass is 19.1. The average molecular weight is 368 g/mol. The smallest absolute Gasteiger partial charge is 0.272 e. The van der Waals surface area contributed by atoms with Crippen LogP contribution in [0, 0.1) is 5.82 Å². The number of benzene rings is 1. The molecule has 1 fully saturated rings. The number of hydrogen-bond donors (Lipinski definition) is 0. The molecule has 1 aliphatic heterocycles. The average Bonchev–Trinajstić information content (AvgIpc) is 3.32. The largest absolute Gasteiger partial charge is 0.443 e. The number of piperidine rings is 1. The Hall–Kier alpha value is -2.96. The molecule has 1 amide bonds. The fraction of sp³-hybridized carbons (Fsp3) is 0.350. The maximum atomic E-state index is 13.9. The SMILES string of the molecule is Cn1nccc1C(=O)N1CCCC[C@@H]1c1ncc(Cc2ccccc2F)o1. The number of aromatic nitrogens is 3. The van der Waals surface area contributed by atoms with Gasteiger partial charge in [0.15, 0.2) is 0 Å². The summed E-state index contributed by atoms with van der Waals surface area (Å²) in [5, 5.41) is 4.08. The molecule has 0 spiro atoms. The Bertz CT molecular complexity index is 949. The zero-order valence-corrected chi connectivity index (χ0v) is 15.1. The standard InChI is InChI=1S/C20H21FN4O2/c1-24-18(9-10-23-24)20(26)25-11-5-4-8-17(25)19-22-13-15(27-19)12-14-6-2-3-7-16(14)21/h2-3,6-7,9-10,13,17H,4-5,8,11-12H2,1H3/t17-/m1/s1. The van der Waals surface area contributed by atoms with Gasteiger partial charge in [-0.25, -0.2) is 9.37 Å². The fourth-order valence-electron chi connectivity index (χ4n) is 3.55. The Balaban J connectivity index is 1.56. The van der Waals surface area contributed by atoms with Crippen molar-refractivity contribution >= 4 is 5.91 Å². The third-order valence-corrected chi connectivity index (χ3v) is 4.98. The molecule has 0 aliphatic carbocycles. The lowest BCUT2D eigenvalue weighted by Crippen LogP contribution is -2.39. The Labute approximate surface area is 156 Å². The zero-order chi connectivity index (χ0) is 18.8. The summed E-state index contributed by atoms with van der Waals surface area (Å²) in [5.74, 6) is 0.764. The van der Waals surface area contributed by atoms with Gasteiger partial charge in [0.25, 0.3) is 5.91 Å². The van der Waals surface area contributed by atoms with Crippen LogP contribution in [-0.4, -0.2) is 32.1 Å². The third kappa shape index (κ3) is 3.49. The highest BCUT2D eigenvalue weighted by Gasteiger charge is 2.33. The summed E-state index contributed by atoms with van der Waals surface area (Å²) in [4.78, 5) is 19.2. The second-order valence-electron chi connectivity index (χ2n) is 6.78. The Morgan fingerprint density at radius 2 is 2.15 bits per heavy atom. The molecule has 6 nitrogen and oxygen atoms in total. The van der Waals surface area contributed by atoms with E-state index in [2.05, 4.69) is 10.1 Å². The molecule has 3 aromatic rings. The molecular formula is C20H21FN4O2. The molecular weight excluding hydrogens is 347 g/mol. The van der Waals surface area contributed by atoms with Crippen molar-refractivity contribution in [1.82, 2.24) is 19.7 Å². The highest BCUT2D eigenvalue weighted by Crippen LogP contribution is 2.32. The van der Waals surface area contributed by atoms with Crippen LogP contribution < -0.4 is 0 Å². The maximum absolute atomic E-state index is 13.9. The first-order chi connectivity index (χ1) is 13.1. The summed E-state index contributed by atoms with van der Waals surface area (Å²) in [6, 6.07) is 8.13. The van der Waals surface area contributed by atoms with Gasteiger partial charge in [-0.1, -0.05) is 18.2 Å². The van der Waals surface area contributed by atoms with Gasteiger partial charge in [0.05, 0.1) is 6.20 Å². The number of hydrogen-bond acceptors (Lipinski definition) is 4. The van der Waals surface area contributed by atoms with E-state index < -0.39 is 0 Å². The van der Waals surface area contributed by atoms with Gasteiger partial charge in [-0.05, 0) is 37.0 Å². The predicted molar refractivity (Wildman–Crippen MR) is 96.5 cm³/mol. The number of halogens is 1. The number of rotatable bonds is 4. The number of likely N-dealkylation sites (tertiary alicyclic amines) is 1. The predicted octanol–water partition coefficient (Wildman–Crippen LogP) is 3.51. The maximum Gasteiger partial charge on any atom is 0.272 e. The molecule has 4 rings (SSSR count). The molecule has 7 heteroatoms. The quantitative estimate of drug-likeness (QED) is 0.707. The molecule has 0 unspecified atom stereocenters. The number of aryl methyl sites for hydroxylation is 1. The van der Waals surface area contributed by atoms with Crippen molar-refractivity contribution in [3.05, 3.63) is 71.5 Å². The zero-order valence-electron chi connectivity index (χ0n) is 15.1. The van der Waals surface area contributed by atoms with Gasteiger partial charge in [0, 0.05) is 26.2 Å². The Morgan fingerprint density at radius 3 is 2.93 bits per heavy atom. The van der Waals surface area contributed by atoms with Crippen molar-refractivity contribution in [2.75, 3.05) is 6.54 Å². The topological polar surface area (TPSA) is 64.2 Å². The van der Waals surface area contributed by atoms with E-state index in [1.54, 1.807) is 53.3 Å². The molecule has 3 heterocycles. The number of carbonyl (C=O) groups excluding carboxylic acids is 1. The van der Waals surface area contributed by atoms with Crippen LogP contribution in [0.15, 0.2) is 47.1 Å². The molecule has 1 aliphatic rings. The summed E-state index contributed by atoms with van der Waals surface area (Å²) >= 11 is 0. The second kappa shape index (κ2) is 7.34. The van der Waals surface area contributed by atoms with E-state index in [0.717, 1.165) is 19.3 Å². The summed E-state index contributed by atoms with van der Waals surface area (Å²) in [6.07, 6.45) is 6.33. The van der Waals surface area contributed by atoms with Crippen molar-refractivity contribution in [3.63, 3.8) is 0 Å². The number of amides is 1. The van der Waals surface area contributed by atoms with E-state index in [4.69, 9.17) is 4.42 Å². The first kappa shape index (κ1) is 17.5. The van der Waals surface area contributed by atoms with Crippen LogP contribution >= 0.6 is 0 Å². The molecule has 1 atom stereocenters. The fourth-order valence-corrected chi connectivity index (χ4v) is 3.55. The van der Waals surface area contributed by atoms with Gasteiger partial charge < -0.3 is 9.32 Å². The van der Waals surface area contributed by atoms with Crippen LogP contribution in [0.4, 0.5) is 4.39 Å².